The first-order chi connectivity index (χ1) is 16.5. The smallest absolute Gasteiger partial charge is 0.192 e. The van der Waals surface area contributed by atoms with E-state index >= 15 is 0 Å². The minimum Gasteiger partial charge on any atom is -0.414 e. The van der Waals surface area contributed by atoms with Crippen LogP contribution in [0.4, 0.5) is 0 Å². The van der Waals surface area contributed by atoms with Crippen LogP contribution in [0.2, 0.25) is 18.1 Å². The van der Waals surface area contributed by atoms with Crippen LogP contribution in [0.1, 0.15) is 78.2 Å². The number of rotatable bonds is 19. The SMILES string of the molecule is C=CC[C@H](O)C[C@H](OCc1ccccc1)[C@H](C[C@@H](CCCCC)O[Si](C)(C)C(C)(C)C)OCOC. The lowest BCUT2D eigenvalue weighted by Crippen LogP contribution is -2.46. The van der Waals surface area contributed by atoms with Gasteiger partial charge in [-0.1, -0.05) is 83.4 Å². The van der Waals surface area contributed by atoms with Crippen molar-refractivity contribution in [3.63, 3.8) is 0 Å². The number of methoxy groups -OCH3 is 1. The van der Waals surface area contributed by atoms with Crippen LogP contribution in [0.25, 0.3) is 0 Å². The number of hydrogen-bond acceptors (Lipinski definition) is 5. The Kier molecular flexibility index (Phi) is 15.2. The summed E-state index contributed by atoms with van der Waals surface area (Å²) in [5.41, 5.74) is 1.10. The maximum absolute atomic E-state index is 10.6. The molecule has 0 fully saturated rings. The zero-order valence-corrected chi connectivity index (χ0v) is 24.4. The van der Waals surface area contributed by atoms with Crippen molar-refractivity contribution in [2.75, 3.05) is 13.9 Å². The number of unbranched alkanes of at least 4 members (excludes halogenated alkanes) is 2. The Hall–Kier alpha value is -1.02. The molecule has 0 aliphatic carbocycles. The Morgan fingerprint density at radius 2 is 1.69 bits per heavy atom. The van der Waals surface area contributed by atoms with Gasteiger partial charge in [0, 0.05) is 26.1 Å². The highest BCUT2D eigenvalue weighted by Crippen LogP contribution is 2.38. The number of ether oxygens (including phenoxy) is 3. The predicted molar refractivity (Wildman–Crippen MR) is 148 cm³/mol. The fourth-order valence-electron chi connectivity index (χ4n) is 3.84. The summed E-state index contributed by atoms with van der Waals surface area (Å²) in [7, 11) is -0.334. The maximum atomic E-state index is 10.6. The van der Waals surface area contributed by atoms with Gasteiger partial charge in [0.25, 0.3) is 0 Å². The highest BCUT2D eigenvalue weighted by atomic mass is 28.4. The normalized spacial score (nSPS) is 16.0. The van der Waals surface area contributed by atoms with Crippen LogP contribution >= 0.6 is 0 Å². The van der Waals surface area contributed by atoms with E-state index < -0.39 is 14.4 Å². The van der Waals surface area contributed by atoms with E-state index in [4.69, 9.17) is 18.6 Å². The van der Waals surface area contributed by atoms with Gasteiger partial charge in [-0.05, 0) is 36.5 Å². The molecule has 1 rings (SSSR count). The lowest BCUT2D eigenvalue weighted by molar-refractivity contribution is -0.149. The minimum atomic E-state index is -1.97. The number of hydrogen-bond donors (Lipinski definition) is 1. The highest BCUT2D eigenvalue weighted by molar-refractivity contribution is 6.74. The maximum Gasteiger partial charge on any atom is 0.192 e. The molecule has 1 N–H and O–H groups in total. The Balaban J connectivity index is 3.13. The second-order valence-corrected chi connectivity index (χ2v) is 15.8. The fraction of sp³-hybridized carbons (Fsp3) is 0.724. The molecule has 0 heterocycles. The molecule has 0 saturated heterocycles. The Morgan fingerprint density at radius 1 is 1.03 bits per heavy atom. The molecule has 0 aliphatic heterocycles. The molecule has 0 spiro atoms. The summed E-state index contributed by atoms with van der Waals surface area (Å²) in [5, 5.41) is 10.8. The van der Waals surface area contributed by atoms with Crippen molar-refractivity contribution in [3.8, 4) is 0 Å². The molecule has 35 heavy (non-hydrogen) atoms. The molecule has 0 bridgehead atoms. The summed E-state index contributed by atoms with van der Waals surface area (Å²) in [6, 6.07) is 10.1. The summed E-state index contributed by atoms with van der Waals surface area (Å²) in [6.07, 6.45) is 6.90. The summed E-state index contributed by atoms with van der Waals surface area (Å²) < 4.78 is 24.8. The van der Waals surface area contributed by atoms with Gasteiger partial charge in [-0.2, -0.15) is 0 Å². The summed E-state index contributed by atoms with van der Waals surface area (Å²) in [4.78, 5) is 0. The van der Waals surface area contributed by atoms with E-state index in [-0.39, 0.29) is 30.1 Å². The summed E-state index contributed by atoms with van der Waals surface area (Å²) in [6.45, 7) is 18.1. The van der Waals surface area contributed by atoms with Crippen molar-refractivity contribution < 1.29 is 23.7 Å². The van der Waals surface area contributed by atoms with E-state index in [9.17, 15) is 5.11 Å². The summed E-state index contributed by atoms with van der Waals surface area (Å²) in [5.74, 6) is 0. The number of aliphatic hydroxyl groups excluding tert-OH is 1. The van der Waals surface area contributed by atoms with Gasteiger partial charge in [0.15, 0.2) is 8.32 Å². The van der Waals surface area contributed by atoms with Crippen molar-refractivity contribution in [2.45, 2.75) is 122 Å². The van der Waals surface area contributed by atoms with E-state index in [2.05, 4.69) is 59.5 Å². The van der Waals surface area contributed by atoms with Gasteiger partial charge >= 0.3 is 0 Å². The molecule has 5 nitrogen and oxygen atoms in total. The van der Waals surface area contributed by atoms with Crippen molar-refractivity contribution in [2.24, 2.45) is 0 Å². The zero-order chi connectivity index (χ0) is 26.3. The average molecular weight is 509 g/mol. The standard InChI is InChI=1S/C29H52O5Si/c1-9-11-13-19-26(34-35(7,8)29(3,4)5)21-28(33-23-31-6)27(20-25(30)16-10-2)32-22-24-17-14-12-15-18-24/h10,12,14-15,17-18,25-28,30H,2,9,11,13,16,19-23H2,1,3-8H3/t25-,26+,27-,28-/m0/s1. The molecule has 0 aliphatic rings. The first-order valence-electron chi connectivity index (χ1n) is 13.3. The van der Waals surface area contributed by atoms with Crippen LogP contribution in [0, 0.1) is 0 Å². The molecular weight excluding hydrogens is 456 g/mol. The Morgan fingerprint density at radius 3 is 2.26 bits per heavy atom. The Labute approximate surface area is 216 Å². The fourth-order valence-corrected chi connectivity index (χ4v) is 5.24. The van der Waals surface area contributed by atoms with Gasteiger partial charge in [0.2, 0.25) is 0 Å². The largest absolute Gasteiger partial charge is 0.414 e. The van der Waals surface area contributed by atoms with E-state index in [1.54, 1.807) is 13.2 Å². The summed E-state index contributed by atoms with van der Waals surface area (Å²) >= 11 is 0. The molecule has 1 aromatic carbocycles. The van der Waals surface area contributed by atoms with Crippen LogP contribution in [0.3, 0.4) is 0 Å². The second kappa shape index (κ2) is 16.7. The molecule has 0 radical (unpaired) electrons. The third kappa shape index (κ3) is 12.7. The molecule has 0 saturated carbocycles. The number of benzene rings is 1. The van der Waals surface area contributed by atoms with E-state index in [0.29, 0.717) is 25.9 Å². The number of aliphatic hydroxyl groups is 1. The predicted octanol–water partition coefficient (Wildman–Crippen LogP) is 7.25. The molecule has 1 aromatic rings. The van der Waals surface area contributed by atoms with Gasteiger partial charge in [-0.15, -0.1) is 6.58 Å². The third-order valence-corrected chi connectivity index (χ3v) is 11.5. The van der Waals surface area contributed by atoms with E-state index in [0.717, 1.165) is 18.4 Å². The van der Waals surface area contributed by atoms with Crippen LogP contribution < -0.4 is 0 Å². The van der Waals surface area contributed by atoms with Crippen LogP contribution in [0.15, 0.2) is 43.0 Å². The van der Waals surface area contributed by atoms with Crippen molar-refractivity contribution >= 4 is 8.32 Å². The minimum absolute atomic E-state index is 0.0728. The molecule has 202 valence electrons. The van der Waals surface area contributed by atoms with Gasteiger partial charge in [0.05, 0.1) is 24.9 Å². The molecule has 4 atom stereocenters. The molecular formula is C29H52O5Si. The molecule has 0 amide bonds. The van der Waals surface area contributed by atoms with Gasteiger partial charge in [-0.25, -0.2) is 0 Å². The lowest BCUT2D eigenvalue weighted by atomic mass is 9.97. The third-order valence-electron chi connectivity index (χ3n) is 6.96. The first kappa shape index (κ1) is 32.0. The Bertz CT molecular complexity index is 673. The van der Waals surface area contributed by atoms with Crippen molar-refractivity contribution in [1.29, 1.82) is 0 Å². The first-order valence-corrected chi connectivity index (χ1v) is 16.2. The lowest BCUT2D eigenvalue weighted by Gasteiger charge is -2.41. The van der Waals surface area contributed by atoms with Gasteiger partial charge in [0.1, 0.15) is 6.79 Å². The van der Waals surface area contributed by atoms with Crippen LogP contribution in [-0.2, 0) is 25.2 Å². The highest BCUT2D eigenvalue weighted by Gasteiger charge is 2.40. The van der Waals surface area contributed by atoms with E-state index in [1.165, 1.54) is 12.8 Å². The van der Waals surface area contributed by atoms with Crippen molar-refractivity contribution in [3.05, 3.63) is 48.6 Å². The van der Waals surface area contributed by atoms with Gasteiger partial charge < -0.3 is 23.7 Å². The van der Waals surface area contributed by atoms with Crippen molar-refractivity contribution in [1.82, 2.24) is 0 Å². The van der Waals surface area contributed by atoms with Crippen LogP contribution in [0.5, 0.6) is 0 Å². The molecule has 6 heteroatoms. The molecule has 0 aromatic heterocycles. The van der Waals surface area contributed by atoms with E-state index in [1.807, 2.05) is 18.2 Å². The zero-order valence-electron chi connectivity index (χ0n) is 23.4. The average Bonchev–Trinajstić information content (AvgIpc) is 2.79. The topological polar surface area (TPSA) is 57.2 Å². The second-order valence-electron chi connectivity index (χ2n) is 11.1. The molecule has 0 unspecified atom stereocenters. The monoisotopic (exact) mass is 508 g/mol. The van der Waals surface area contributed by atoms with Crippen LogP contribution in [-0.4, -0.2) is 51.7 Å². The van der Waals surface area contributed by atoms with Gasteiger partial charge in [-0.3, -0.25) is 0 Å². The quantitative estimate of drug-likeness (QED) is 0.0923.